The molecule has 0 spiro atoms. The Bertz CT molecular complexity index is 502. The van der Waals surface area contributed by atoms with Crippen molar-refractivity contribution in [2.24, 2.45) is 7.05 Å². The topological polar surface area (TPSA) is 63.8 Å². The van der Waals surface area contributed by atoms with E-state index in [0.717, 1.165) is 14.9 Å². The number of hydrogen-bond acceptors (Lipinski definition) is 5. The first kappa shape index (κ1) is 11.6. The molecule has 0 aliphatic carbocycles. The molecule has 84 valence electrons. The van der Waals surface area contributed by atoms with Crippen LogP contribution < -0.4 is 0 Å². The third-order valence-corrected chi connectivity index (χ3v) is 3.62. The maximum atomic E-state index is 9.25. The fraction of sp³-hybridized carbons (Fsp3) is 0.222. The second-order valence-electron chi connectivity index (χ2n) is 3.10. The zero-order chi connectivity index (χ0) is 11.5. The van der Waals surface area contributed by atoms with Gasteiger partial charge >= 0.3 is 0 Å². The summed E-state index contributed by atoms with van der Waals surface area (Å²) in [7, 11) is 1.78. The van der Waals surface area contributed by atoms with Gasteiger partial charge in [-0.05, 0) is 46.0 Å². The Morgan fingerprint density at radius 2 is 2.31 bits per heavy atom. The summed E-state index contributed by atoms with van der Waals surface area (Å²) >= 11 is 4.79. The number of aromatic nitrogens is 4. The molecule has 7 heteroatoms. The second kappa shape index (κ2) is 4.94. The summed E-state index contributed by atoms with van der Waals surface area (Å²) in [5, 5.41) is 21.1. The third-order valence-electron chi connectivity index (χ3n) is 1.98. The van der Waals surface area contributed by atoms with Crippen LogP contribution in [0, 0.1) is 0 Å². The van der Waals surface area contributed by atoms with Crippen LogP contribution in [0.15, 0.2) is 32.7 Å². The monoisotopic (exact) mass is 300 g/mol. The smallest absolute Gasteiger partial charge is 0.213 e. The first-order chi connectivity index (χ1) is 7.70. The Kier molecular flexibility index (Phi) is 3.57. The van der Waals surface area contributed by atoms with Crippen molar-refractivity contribution in [3.8, 4) is 0 Å². The zero-order valence-electron chi connectivity index (χ0n) is 8.46. The van der Waals surface area contributed by atoms with Crippen molar-refractivity contribution >= 4 is 27.7 Å². The molecule has 0 aliphatic heterocycles. The molecule has 0 saturated carbocycles. The van der Waals surface area contributed by atoms with Crippen molar-refractivity contribution in [3.63, 3.8) is 0 Å². The van der Waals surface area contributed by atoms with Crippen LogP contribution in [0.1, 0.15) is 5.56 Å². The summed E-state index contributed by atoms with van der Waals surface area (Å²) in [4.78, 5) is 0.948. The van der Waals surface area contributed by atoms with Gasteiger partial charge in [0.1, 0.15) is 0 Å². The van der Waals surface area contributed by atoms with Gasteiger partial charge < -0.3 is 5.11 Å². The summed E-state index contributed by atoms with van der Waals surface area (Å²) in [6, 6.07) is 5.73. The highest BCUT2D eigenvalue weighted by Gasteiger charge is 2.08. The predicted octanol–water partition coefficient (Wildman–Crippen LogP) is 1.62. The van der Waals surface area contributed by atoms with Crippen molar-refractivity contribution in [3.05, 3.63) is 28.2 Å². The molecule has 0 radical (unpaired) electrons. The first-order valence-electron chi connectivity index (χ1n) is 4.50. The SMILES string of the molecule is Cn1nnnc1Sc1ccc(Br)cc1CO. The summed E-state index contributed by atoms with van der Waals surface area (Å²) in [6.07, 6.45) is 0. The molecule has 1 aromatic heterocycles. The first-order valence-corrected chi connectivity index (χ1v) is 6.11. The second-order valence-corrected chi connectivity index (χ2v) is 5.02. The number of benzene rings is 1. The molecule has 0 aliphatic rings. The minimum atomic E-state index is -0.00689. The van der Waals surface area contributed by atoms with Gasteiger partial charge in [0, 0.05) is 16.4 Å². The number of aliphatic hydroxyl groups is 1. The van der Waals surface area contributed by atoms with Gasteiger partial charge in [-0.1, -0.05) is 15.9 Å². The minimum Gasteiger partial charge on any atom is -0.392 e. The zero-order valence-corrected chi connectivity index (χ0v) is 10.9. The van der Waals surface area contributed by atoms with E-state index in [0.29, 0.717) is 5.16 Å². The molecule has 0 amide bonds. The van der Waals surface area contributed by atoms with E-state index in [2.05, 4.69) is 31.5 Å². The highest BCUT2D eigenvalue weighted by molar-refractivity contribution is 9.10. The van der Waals surface area contributed by atoms with Crippen molar-refractivity contribution in [2.75, 3.05) is 0 Å². The van der Waals surface area contributed by atoms with Gasteiger partial charge in [0.15, 0.2) is 0 Å². The van der Waals surface area contributed by atoms with Gasteiger partial charge in [-0.3, -0.25) is 0 Å². The summed E-state index contributed by atoms with van der Waals surface area (Å²) < 4.78 is 2.53. The van der Waals surface area contributed by atoms with Crippen molar-refractivity contribution in [2.45, 2.75) is 16.7 Å². The number of aliphatic hydroxyl groups excluding tert-OH is 1. The van der Waals surface area contributed by atoms with Gasteiger partial charge in [0.2, 0.25) is 5.16 Å². The van der Waals surface area contributed by atoms with Crippen LogP contribution in [0.25, 0.3) is 0 Å². The lowest BCUT2D eigenvalue weighted by Gasteiger charge is -2.05. The number of hydrogen-bond donors (Lipinski definition) is 1. The van der Waals surface area contributed by atoms with E-state index < -0.39 is 0 Å². The van der Waals surface area contributed by atoms with Crippen LogP contribution in [0.2, 0.25) is 0 Å². The fourth-order valence-electron chi connectivity index (χ4n) is 1.18. The molecule has 0 saturated heterocycles. The molecule has 0 atom stereocenters. The van der Waals surface area contributed by atoms with E-state index >= 15 is 0 Å². The van der Waals surface area contributed by atoms with Crippen LogP contribution in [0.3, 0.4) is 0 Å². The van der Waals surface area contributed by atoms with Gasteiger partial charge in [-0.25, -0.2) is 4.68 Å². The lowest BCUT2D eigenvalue weighted by Crippen LogP contribution is -1.94. The Hall–Kier alpha value is -0.920. The Labute approximate surface area is 105 Å². The van der Waals surface area contributed by atoms with Crippen LogP contribution in [0.5, 0.6) is 0 Å². The molecule has 1 aromatic carbocycles. The molecular formula is C9H9BrN4OS. The molecular weight excluding hydrogens is 292 g/mol. The normalized spacial score (nSPS) is 10.7. The van der Waals surface area contributed by atoms with Crippen LogP contribution >= 0.6 is 27.7 Å². The summed E-state index contributed by atoms with van der Waals surface area (Å²) in [5.41, 5.74) is 0.849. The average molecular weight is 301 g/mol. The largest absolute Gasteiger partial charge is 0.392 e. The summed E-state index contributed by atoms with van der Waals surface area (Å²) in [6.45, 7) is -0.00689. The molecule has 0 fully saturated rings. The van der Waals surface area contributed by atoms with E-state index in [4.69, 9.17) is 0 Å². The standard InChI is InChI=1S/C9H9BrN4OS/c1-14-9(11-12-13-14)16-8-3-2-7(10)4-6(8)5-15/h2-4,15H,5H2,1H3. The molecule has 16 heavy (non-hydrogen) atoms. The van der Waals surface area contributed by atoms with E-state index in [1.54, 1.807) is 11.7 Å². The van der Waals surface area contributed by atoms with Crippen LogP contribution in [-0.2, 0) is 13.7 Å². The van der Waals surface area contributed by atoms with Crippen molar-refractivity contribution < 1.29 is 5.11 Å². The molecule has 5 nitrogen and oxygen atoms in total. The molecule has 1 N–H and O–H groups in total. The van der Waals surface area contributed by atoms with Gasteiger partial charge in [-0.2, -0.15) is 0 Å². The van der Waals surface area contributed by atoms with Crippen molar-refractivity contribution in [1.82, 2.24) is 20.2 Å². The molecule has 1 heterocycles. The van der Waals surface area contributed by atoms with Crippen LogP contribution in [0.4, 0.5) is 0 Å². The highest BCUT2D eigenvalue weighted by atomic mass is 79.9. The average Bonchev–Trinajstić information content (AvgIpc) is 2.67. The third kappa shape index (κ3) is 2.42. The molecule has 0 bridgehead atoms. The predicted molar refractivity (Wildman–Crippen MR) is 63.0 cm³/mol. The van der Waals surface area contributed by atoms with Gasteiger partial charge in [0.25, 0.3) is 0 Å². The fourth-order valence-corrected chi connectivity index (χ4v) is 2.42. The molecule has 0 unspecified atom stereocenters. The lowest BCUT2D eigenvalue weighted by molar-refractivity contribution is 0.279. The van der Waals surface area contributed by atoms with E-state index in [1.165, 1.54) is 11.8 Å². The minimum absolute atomic E-state index is 0.00689. The number of aryl methyl sites for hydroxylation is 1. The number of tetrazole rings is 1. The van der Waals surface area contributed by atoms with E-state index in [1.807, 2.05) is 18.2 Å². The Morgan fingerprint density at radius 3 is 2.94 bits per heavy atom. The quantitative estimate of drug-likeness (QED) is 0.933. The Balaban J connectivity index is 2.31. The van der Waals surface area contributed by atoms with Gasteiger partial charge in [-0.15, -0.1) is 5.10 Å². The van der Waals surface area contributed by atoms with Crippen molar-refractivity contribution in [1.29, 1.82) is 0 Å². The van der Waals surface area contributed by atoms with E-state index in [-0.39, 0.29) is 6.61 Å². The van der Waals surface area contributed by atoms with E-state index in [9.17, 15) is 5.11 Å². The highest BCUT2D eigenvalue weighted by Crippen LogP contribution is 2.30. The molecule has 2 rings (SSSR count). The number of nitrogens with zero attached hydrogens (tertiary/aromatic N) is 4. The van der Waals surface area contributed by atoms with Gasteiger partial charge in [0.05, 0.1) is 6.61 Å². The van der Waals surface area contributed by atoms with Crippen LogP contribution in [-0.4, -0.2) is 25.3 Å². The maximum absolute atomic E-state index is 9.25. The number of rotatable bonds is 3. The number of halogens is 1. The maximum Gasteiger partial charge on any atom is 0.213 e. The molecule has 2 aromatic rings. The lowest BCUT2D eigenvalue weighted by atomic mass is 10.2. The Morgan fingerprint density at radius 1 is 1.50 bits per heavy atom. The summed E-state index contributed by atoms with van der Waals surface area (Å²) in [5.74, 6) is 0.